The third-order valence-corrected chi connectivity index (χ3v) is 6.70. The molecule has 4 unspecified atom stereocenters. The van der Waals surface area contributed by atoms with E-state index in [1.54, 1.807) is 33.8 Å². The molecule has 0 saturated carbocycles. The average Bonchev–Trinajstić information content (AvgIpc) is 2.91. The number of esters is 1. The Kier molecular flexibility index (Phi) is 16.5. The summed E-state index contributed by atoms with van der Waals surface area (Å²) >= 11 is 0. The number of methoxy groups -OCH3 is 1. The summed E-state index contributed by atoms with van der Waals surface area (Å²) in [6.45, 7) is 16.6. The van der Waals surface area contributed by atoms with Crippen LogP contribution in [0.2, 0.25) is 0 Å². The first kappa shape index (κ1) is 37.5. The molecule has 0 heterocycles. The molecule has 0 saturated heterocycles. The highest BCUT2D eigenvalue weighted by molar-refractivity contribution is 5.76. The Labute approximate surface area is 255 Å². The summed E-state index contributed by atoms with van der Waals surface area (Å²) in [7, 11) is 1.25. The fourth-order valence-corrected chi connectivity index (χ4v) is 3.44. The van der Waals surface area contributed by atoms with Crippen LogP contribution < -0.4 is 14.8 Å². The van der Waals surface area contributed by atoms with Crippen LogP contribution in [0.25, 0.3) is 0 Å². The van der Waals surface area contributed by atoms with Gasteiger partial charge >= 0.3 is 24.4 Å². The standard InChI is InChI=1S/C31H49NO11/c1-11-12-20(6)38-29(34)39-21(7)17-32-25(28(33)37-10)15-24-13-14-26(42-30(35)40-22(8)18(2)3)27(16-24)43-31(36)41-23(9)19(4)5/h13-14,16,18-23,25,32H,11-12,15,17H2,1-10H3/t20?,21?,22?,23?,25-/m0/s1. The van der Waals surface area contributed by atoms with Gasteiger partial charge in [0.2, 0.25) is 0 Å². The zero-order valence-electron chi connectivity index (χ0n) is 27.1. The number of ether oxygens (including phenoxy) is 7. The molecule has 43 heavy (non-hydrogen) atoms. The van der Waals surface area contributed by atoms with E-state index < -0.39 is 48.8 Å². The summed E-state index contributed by atoms with van der Waals surface area (Å²) < 4.78 is 36.8. The lowest BCUT2D eigenvalue weighted by Gasteiger charge is -2.21. The quantitative estimate of drug-likeness (QED) is 0.129. The molecular weight excluding hydrogens is 562 g/mol. The monoisotopic (exact) mass is 611 g/mol. The summed E-state index contributed by atoms with van der Waals surface area (Å²) in [6.07, 6.45) is -2.78. The molecule has 0 spiro atoms. The maximum absolute atomic E-state index is 12.6. The van der Waals surface area contributed by atoms with Crippen LogP contribution in [0.5, 0.6) is 11.5 Å². The molecule has 1 aromatic rings. The zero-order chi connectivity index (χ0) is 32.7. The van der Waals surface area contributed by atoms with Crippen LogP contribution >= 0.6 is 0 Å². The van der Waals surface area contributed by atoms with Crippen LogP contribution in [0.1, 0.15) is 80.7 Å². The molecule has 0 aliphatic carbocycles. The van der Waals surface area contributed by atoms with Crippen LogP contribution in [0.3, 0.4) is 0 Å². The minimum atomic E-state index is -0.985. The van der Waals surface area contributed by atoms with Crippen LogP contribution in [0.4, 0.5) is 14.4 Å². The molecule has 1 N–H and O–H groups in total. The Balaban J connectivity index is 3.09. The summed E-state index contributed by atoms with van der Waals surface area (Å²) in [4.78, 5) is 49.6. The smallest absolute Gasteiger partial charge is 0.468 e. The molecule has 1 aromatic carbocycles. The van der Waals surface area contributed by atoms with E-state index in [4.69, 9.17) is 33.2 Å². The molecule has 0 aliphatic heterocycles. The van der Waals surface area contributed by atoms with E-state index in [9.17, 15) is 19.2 Å². The van der Waals surface area contributed by atoms with Crippen LogP contribution in [0, 0.1) is 11.8 Å². The molecule has 0 bridgehead atoms. The van der Waals surface area contributed by atoms with E-state index in [2.05, 4.69) is 5.32 Å². The number of hydrogen-bond donors (Lipinski definition) is 1. The number of hydrogen-bond acceptors (Lipinski definition) is 12. The summed E-state index contributed by atoms with van der Waals surface area (Å²) in [5.74, 6) is -0.632. The van der Waals surface area contributed by atoms with E-state index in [1.807, 2.05) is 34.6 Å². The number of carbonyl (C=O) groups excluding carboxylic acids is 4. The second kappa shape index (κ2) is 18.9. The normalized spacial score (nSPS) is 14.6. The van der Waals surface area contributed by atoms with E-state index in [0.717, 1.165) is 6.42 Å². The molecule has 1 rings (SSSR count). The lowest BCUT2D eigenvalue weighted by Crippen LogP contribution is -2.43. The van der Waals surface area contributed by atoms with Gasteiger partial charge < -0.3 is 38.5 Å². The summed E-state index contributed by atoms with van der Waals surface area (Å²) in [5.41, 5.74) is 0.542. The molecule has 5 atom stereocenters. The van der Waals surface area contributed by atoms with E-state index in [1.165, 1.54) is 19.2 Å². The Hall–Kier alpha value is -3.54. The molecule has 0 fully saturated rings. The van der Waals surface area contributed by atoms with Gasteiger partial charge in [0.1, 0.15) is 30.5 Å². The van der Waals surface area contributed by atoms with Gasteiger partial charge in [-0.3, -0.25) is 4.79 Å². The molecule has 244 valence electrons. The third-order valence-electron chi connectivity index (χ3n) is 6.70. The van der Waals surface area contributed by atoms with Crippen molar-refractivity contribution in [2.75, 3.05) is 13.7 Å². The summed E-state index contributed by atoms with van der Waals surface area (Å²) in [6, 6.07) is 3.64. The number of nitrogens with one attached hydrogen (secondary N) is 1. The minimum absolute atomic E-state index is 0.0435. The Bertz CT molecular complexity index is 1040. The first-order valence-corrected chi connectivity index (χ1v) is 14.7. The SMILES string of the molecule is CCCC(C)OC(=O)OC(C)CN[C@@H](Cc1ccc(OC(=O)OC(C)C(C)C)c(OC(=O)OC(C)C(C)C)c1)C(=O)OC. The van der Waals surface area contributed by atoms with Gasteiger partial charge in [-0.05, 0) is 70.1 Å². The van der Waals surface area contributed by atoms with Crippen molar-refractivity contribution in [3.05, 3.63) is 23.8 Å². The number of carbonyl (C=O) groups is 4. The van der Waals surface area contributed by atoms with Gasteiger partial charge in [0.05, 0.1) is 7.11 Å². The van der Waals surface area contributed by atoms with Crippen molar-refractivity contribution in [3.8, 4) is 11.5 Å². The Morgan fingerprint density at radius 3 is 1.77 bits per heavy atom. The van der Waals surface area contributed by atoms with Crippen molar-refractivity contribution in [2.45, 2.75) is 112 Å². The van der Waals surface area contributed by atoms with Gasteiger partial charge in [0, 0.05) is 6.54 Å². The molecule has 12 nitrogen and oxygen atoms in total. The van der Waals surface area contributed by atoms with Crippen LogP contribution in [-0.4, -0.2) is 68.5 Å². The van der Waals surface area contributed by atoms with Gasteiger partial charge in [-0.15, -0.1) is 0 Å². The highest BCUT2D eigenvalue weighted by Crippen LogP contribution is 2.30. The van der Waals surface area contributed by atoms with Gasteiger partial charge in [-0.25, -0.2) is 14.4 Å². The zero-order valence-corrected chi connectivity index (χ0v) is 27.1. The maximum atomic E-state index is 12.6. The Morgan fingerprint density at radius 1 is 0.721 bits per heavy atom. The van der Waals surface area contributed by atoms with Crippen LogP contribution in [-0.2, 0) is 34.9 Å². The fourth-order valence-electron chi connectivity index (χ4n) is 3.44. The average molecular weight is 612 g/mol. The second-order valence-electron chi connectivity index (χ2n) is 11.2. The topological polar surface area (TPSA) is 145 Å². The molecule has 0 aliphatic rings. The van der Waals surface area contributed by atoms with Gasteiger partial charge in [-0.2, -0.15) is 0 Å². The van der Waals surface area contributed by atoms with Crippen molar-refractivity contribution >= 4 is 24.4 Å². The minimum Gasteiger partial charge on any atom is -0.468 e. The predicted molar refractivity (Wildman–Crippen MR) is 158 cm³/mol. The predicted octanol–water partition coefficient (Wildman–Crippen LogP) is 6.21. The van der Waals surface area contributed by atoms with Crippen molar-refractivity contribution in [1.82, 2.24) is 5.32 Å². The molecule has 0 aromatic heterocycles. The molecular formula is C31H49NO11. The highest BCUT2D eigenvalue weighted by Gasteiger charge is 2.25. The number of rotatable bonds is 16. The van der Waals surface area contributed by atoms with Crippen molar-refractivity contribution in [1.29, 1.82) is 0 Å². The van der Waals surface area contributed by atoms with Crippen LogP contribution in [0.15, 0.2) is 18.2 Å². The van der Waals surface area contributed by atoms with E-state index >= 15 is 0 Å². The molecule has 0 radical (unpaired) electrons. The third kappa shape index (κ3) is 14.5. The fraction of sp³-hybridized carbons (Fsp3) is 0.677. The van der Waals surface area contributed by atoms with Crippen molar-refractivity contribution < 1.29 is 52.3 Å². The van der Waals surface area contributed by atoms with Gasteiger partial charge in [0.15, 0.2) is 11.5 Å². The first-order valence-electron chi connectivity index (χ1n) is 14.7. The Morgan fingerprint density at radius 2 is 1.26 bits per heavy atom. The lowest BCUT2D eigenvalue weighted by molar-refractivity contribution is -0.143. The van der Waals surface area contributed by atoms with E-state index in [-0.39, 0.29) is 42.4 Å². The maximum Gasteiger partial charge on any atom is 0.514 e. The highest BCUT2D eigenvalue weighted by atomic mass is 16.8. The summed E-state index contributed by atoms with van der Waals surface area (Å²) in [5, 5.41) is 3.04. The second-order valence-corrected chi connectivity index (χ2v) is 11.2. The van der Waals surface area contributed by atoms with Crippen molar-refractivity contribution in [3.63, 3.8) is 0 Å². The number of benzene rings is 1. The molecule has 0 amide bonds. The first-order chi connectivity index (χ1) is 20.2. The van der Waals surface area contributed by atoms with Gasteiger partial charge in [0.25, 0.3) is 0 Å². The lowest BCUT2D eigenvalue weighted by atomic mass is 10.0. The van der Waals surface area contributed by atoms with E-state index in [0.29, 0.717) is 12.0 Å². The van der Waals surface area contributed by atoms with Crippen molar-refractivity contribution in [2.24, 2.45) is 11.8 Å². The van der Waals surface area contributed by atoms with Gasteiger partial charge in [-0.1, -0.05) is 47.1 Å². The molecule has 12 heteroatoms. The largest absolute Gasteiger partial charge is 0.514 e.